The van der Waals surface area contributed by atoms with Gasteiger partial charge in [-0.25, -0.2) is 8.42 Å². The number of carbonyl (C=O) groups is 1. The molecule has 1 heterocycles. The molecule has 3 rings (SSSR count). The maximum atomic E-state index is 13.6. The van der Waals surface area contributed by atoms with Crippen LogP contribution in [0.2, 0.25) is 0 Å². The number of nitrogens with zero attached hydrogens (tertiary/aromatic N) is 5. The lowest BCUT2D eigenvalue weighted by atomic mass is 9.97. The quantitative estimate of drug-likeness (QED) is 0.525. The average molecular weight is 446 g/mol. The number of carboxylic acids is 1. The van der Waals surface area contributed by atoms with Gasteiger partial charge in [0.25, 0.3) is 0 Å². The van der Waals surface area contributed by atoms with Crippen LogP contribution in [0.25, 0.3) is 0 Å². The van der Waals surface area contributed by atoms with Crippen LogP contribution in [-0.2, 0) is 34.8 Å². The van der Waals surface area contributed by atoms with Crippen molar-refractivity contribution in [1.82, 2.24) is 24.5 Å². The second kappa shape index (κ2) is 8.82. The van der Waals surface area contributed by atoms with Crippen LogP contribution < -0.4 is 4.74 Å². The molecule has 0 spiro atoms. The minimum atomic E-state index is -4.23. The third-order valence-corrected chi connectivity index (χ3v) is 6.86. The lowest BCUT2D eigenvalue weighted by molar-refractivity contribution is -0.147. The number of hydrogen-bond acceptors (Lipinski definition) is 7. The summed E-state index contributed by atoms with van der Waals surface area (Å²) in [5, 5.41) is 21.7. The van der Waals surface area contributed by atoms with Gasteiger partial charge in [-0.05, 0) is 42.0 Å². The molecule has 0 unspecified atom stereocenters. The molecule has 164 valence electrons. The van der Waals surface area contributed by atoms with Crippen molar-refractivity contribution in [3.63, 3.8) is 0 Å². The monoisotopic (exact) mass is 445 g/mol. The van der Waals surface area contributed by atoms with Crippen molar-refractivity contribution in [2.45, 2.75) is 30.3 Å². The Hall–Kier alpha value is -3.31. The molecule has 10 nitrogen and oxygen atoms in total. The van der Waals surface area contributed by atoms with Gasteiger partial charge in [0.05, 0.1) is 19.1 Å². The molecule has 31 heavy (non-hydrogen) atoms. The van der Waals surface area contributed by atoms with Crippen LogP contribution in [0.15, 0.2) is 59.5 Å². The highest BCUT2D eigenvalue weighted by molar-refractivity contribution is 7.89. The van der Waals surface area contributed by atoms with Crippen molar-refractivity contribution < 1.29 is 23.1 Å². The fraction of sp³-hybridized carbons (Fsp3) is 0.300. The van der Waals surface area contributed by atoms with E-state index in [1.807, 2.05) is 0 Å². The summed E-state index contributed by atoms with van der Waals surface area (Å²) in [6.45, 7) is 1.19. The number of rotatable bonds is 9. The number of benzene rings is 2. The molecule has 1 aromatic heterocycles. The molecule has 0 aliphatic heterocycles. The zero-order valence-corrected chi connectivity index (χ0v) is 18.2. The van der Waals surface area contributed by atoms with Crippen molar-refractivity contribution in [2.24, 2.45) is 7.05 Å². The number of aryl methyl sites for hydroxylation is 1. The van der Waals surface area contributed by atoms with E-state index in [1.165, 1.54) is 43.1 Å². The highest BCUT2D eigenvalue weighted by Gasteiger charge is 2.47. The smallest absolute Gasteiger partial charge is 0.325 e. The van der Waals surface area contributed by atoms with Crippen molar-refractivity contribution in [3.05, 3.63) is 66.0 Å². The molecule has 0 radical (unpaired) electrons. The van der Waals surface area contributed by atoms with Crippen molar-refractivity contribution in [2.75, 3.05) is 7.11 Å². The molecule has 3 aromatic rings. The summed E-state index contributed by atoms with van der Waals surface area (Å²) in [6, 6.07) is 14.6. The molecule has 0 fully saturated rings. The number of aromatic nitrogens is 4. The van der Waals surface area contributed by atoms with Crippen LogP contribution in [0, 0.1) is 0 Å². The predicted octanol–water partition coefficient (Wildman–Crippen LogP) is 1.50. The largest absolute Gasteiger partial charge is 0.497 e. The molecular weight excluding hydrogens is 422 g/mol. The van der Waals surface area contributed by atoms with Gasteiger partial charge in [-0.15, -0.1) is 10.2 Å². The van der Waals surface area contributed by atoms with E-state index in [4.69, 9.17) is 4.74 Å². The molecule has 1 atom stereocenters. The van der Waals surface area contributed by atoms with Gasteiger partial charge in [0.15, 0.2) is 5.82 Å². The normalized spacial score (nSPS) is 13.7. The van der Waals surface area contributed by atoms with Gasteiger partial charge in [-0.3, -0.25) is 4.79 Å². The summed E-state index contributed by atoms with van der Waals surface area (Å²) in [5.41, 5.74) is -1.24. The Morgan fingerprint density at radius 1 is 1.16 bits per heavy atom. The van der Waals surface area contributed by atoms with Gasteiger partial charge in [0.2, 0.25) is 10.0 Å². The number of aliphatic carboxylic acids is 1. The first-order valence-electron chi connectivity index (χ1n) is 9.34. The summed E-state index contributed by atoms with van der Waals surface area (Å²) in [4.78, 5) is 13.6. The molecule has 0 amide bonds. The number of methoxy groups -OCH3 is 1. The molecule has 0 bridgehead atoms. The van der Waals surface area contributed by atoms with Gasteiger partial charge < -0.3 is 9.84 Å². The van der Waals surface area contributed by atoms with Crippen LogP contribution in [0.1, 0.15) is 18.3 Å². The summed E-state index contributed by atoms with van der Waals surface area (Å²) >= 11 is 0. The van der Waals surface area contributed by atoms with Crippen molar-refractivity contribution in [1.29, 1.82) is 0 Å². The van der Waals surface area contributed by atoms with Crippen LogP contribution >= 0.6 is 0 Å². The molecule has 2 aromatic carbocycles. The Morgan fingerprint density at radius 3 is 2.32 bits per heavy atom. The van der Waals surface area contributed by atoms with Crippen LogP contribution in [0.5, 0.6) is 5.75 Å². The number of sulfonamides is 1. The van der Waals surface area contributed by atoms with Crippen molar-refractivity contribution >= 4 is 16.0 Å². The Kier molecular flexibility index (Phi) is 6.37. The lowest BCUT2D eigenvalue weighted by Crippen LogP contribution is -2.56. The molecule has 0 saturated heterocycles. The number of carboxylic acid groups (broad SMARTS) is 1. The zero-order valence-electron chi connectivity index (χ0n) is 17.3. The minimum Gasteiger partial charge on any atom is -0.497 e. The van der Waals surface area contributed by atoms with Crippen LogP contribution in [0.3, 0.4) is 0 Å². The molecule has 11 heteroatoms. The van der Waals surface area contributed by atoms with Gasteiger partial charge in [0, 0.05) is 13.0 Å². The summed E-state index contributed by atoms with van der Waals surface area (Å²) in [6.07, 6.45) is -0.265. The Balaban J connectivity index is 2.11. The molecule has 0 aliphatic rings. The van der Waals surface area contributed by atoms with Crippen LogP contribution in [-0.4, -0.2) is 56.7 Å². The first-order chi connectivity index (χ1) is 14.7. The predicted molar refractivity (Wildman–Crippen MR) is 111 cm³/mol. The van der Waals surface area contributed by atoms with Crippen molar-refractivity contribution in [3.8, 4) is 5.75 Å². The summed E-state index contributed by atoms with van der Waals surface area (Å²) in [7, 11) is -1.21. The number of ether oxygens (including phenoxy) is 1. The van der Waals surface area contributed by atoms with Crippen LogP contribution in [0.4, 0.5) is 0 Å². The third-order valence-electron chi connectivity index (χ3n) is 4.88. The second-order valence-electron chi connectivity index (χ2n) is 7.12. The van der Waals surface area contributed by atoms with E-state index in [2.05, 4.69) is 15.4 Å². The minimum absolute atomic E-state index is 0.0520. The second-order valence-corrected chi connectivity index (χ2v) is 8.99. The van der Waals surface area contributed by atoms with Gasteiger partial charge >= 0.3 is 5.97 Å². The topological polar surface area (TPSA) is 128 Å². The number of tetrazole rings is 1. The fourth-order valence-corrected chi connectivity index (χ4v) is 4.85. The van der Waals surface area contributed by atoms with E-state index in [1.54, 1.807) is 37.4 Å². The van der Waals surface area contributed by atoms with E-state index in [-0.39, 0.29) is 23.7 Å². The Bertz CT molecular complexity index is 1150. The van der Waals surface area contributed by atoms with E-state index in [0.717, 1.165) is 4.31 Å². The van der Waals surface area contributed by atoms with Gasteiger partial charge in [-0.2, -0.15) is 9.10 Å². The van der Waals surface area contributed by atoms with Gasteiger partial charge in [-0.1, -0.05) is 30.3 Å². The summed E-state index contributed by atoms with van der Waals surface area (Å²) in [5.74, 6) is -0.721. The molecule has 0 aliphatic carbocycles. The maximum absolute atomic E-state index is 13.6. The molecular formula is C20H23N5O5S. The van der Waals surface area contributed by atoms with Gasteiger partial charge in [0.1, 0.15) is 11.3 Å². The third kappa shape index (κ3) is 4.72. The maximum Gasteiger partial charge on any atom is 0.325 e. The average Bonchev–Trinajstić information content (AvgIpc) is 3.16. The molecule has 0 saturated carbocycles. The highest BCUT2D eigenvalue weighted by Crippen LogP contribution is 2.31. The lowest BCUT2D eigenvalue weighted by Gasteiger charge is -2.36. The number of hydrogen-bond donors (Lipinski definition) is 1. The Morgan fingerprint density at radius 2 is 1.81 bits per heavy atom. The van der Waals surface area contributed by atoms with E-state index >= 15 is 0 Å². The van der Waals surface area contributed by atoms with E-state index < -0.39 is 21.5 Å². The SMILES string of the molecule is COc1ccc(S(=O)(=O)N(Cc2ccccc2)[C@](C)(Cc2nnn(C)n2)C(=O)O)cc1. The highest BCUT2D eigenvalue weighted by atomic mass is 32.2. The van der Waals surface area contributed by atoms with E-state index in [0.29, 0.717) is 11.3 Å². The molecule has 1 N–H and O–H groups in total. The Labute approximate surface area is 180 Å². The fourth-order valence-electron chi connectivity index (χ4n) is 3.12. The standard InChI is InChI=1S/C20H23N5O5S/c1-20(19(26)27,13-18-21-23-24(2)22-18)25(14-15-7-5-4-6-8-15)31(28,29)17-11-9-16(30-3)10-12-17/h4-12H,13-14H2,1-3H3,(H,26,27)/t20-/m1/s1. The summed E-state index contributed by atoms with van der Waals surface area (Å²) < 4.78 is 33.4. The van der Waals surface area contributed by atoms with E-state index in [9.17, 15) is 18.3 Å². The first-order valence-corrected chi connectivity index (χ1v) is 10.8. The zero-order chi connectivity index (χ0) is 22.6. The first kappa shape index (κ1) is 22.4.